The zero-order valence-electron chi connectivity index (χ0n) is 13.6. The van der Waals surface area contributed by atoms with E-state index in [2.05, 4.69) is 11.4 Å². The number of halogens is 1. The largest absolute Gasteiger partial charge is 0.348 e. The van der Waals surface area contributed by atoms with E-state index >= 15 is 0 Å². The number of rotatable bonds is 6. The number of hydrogen-bond donors (Lipinski definition) is 1. The fourth-order valence-corrected chi connectivity index (χ4v) is 2.57. The lowest BCUT2D eigenvalue weighted by molar-refractivity contribution is 0.0969. The van der Waals surface area contributed by atoms with Gasteiger partial charge in [-0.3, -0.25) is 10.1 Å². The van der Waals surface area contributed by atoms with E-state index in [4.69, 9.17) is 17.5 Å². The van der Waals surface area contributed by atoms with Crippen LogP contribution in [0, 0.1) is 17.1 Å². The van der Waals surface area contributed by atoms with Crippen LogP contribution in [0.15, 0.2) is 54.6 Å². The number of nitriles is 1. The quantitative estimate of drug-likeness (QED) is 0.808. The molecule has 0 aromatic heterocycles. The smallest absolute Gasteiger partial charge is 0.260 e. The van der Waals surface area contributed by atoms with Gasteiger partial charge in [0.1, 0.15) is 5.82 Å². The van der Waals surface area contributed by atoms with Crippen molar-refractivity contribution in [1.82, 2.24) is 10.2 Å². The summed E-state index contributed by atoms with van der Waals surface area (Å²) in [6.45, 7) is 0.960. The fourth-order valence-electron chi connectivity index (χ4n) is 2.30. The molecule has 0 atom stereocenters. The maximum absolute atomic E-state index is 13.7. The molecule has 2 aromatic rings. The van der Waals surface area contributed by atoms with Crippen LogP contribution >= 0.6 is 12.2 Å². The van der Waals surface area contributed by atoms with Gasteiger partial charge in [-0.25, -0.2) is 4.39 Å². The fraction of sp³-hybridized carbons (Fsp3) is 0.211. The molecule has 0 spiro atoms. The van der Waals surface area contributed by atoms with E-state index < -0.39 is 11.7 Å². The highest BCUT2D eigenvalue weighted by Crippen LogP contribution is 2.07. The van der Waals surface area contributed by atoms with Crippen molar-refractivity contribution in [3.63, 3.8) is 0 Å². The number of thiocarbonyl (C=S) groups is 1. The van der Waals surface area contributed by atoms with Crippen molar-refractivity contribution < 1.29 is 9.18 Å². The number of nitrogens with zero attached hydrogens (tertiary/aromatic N) is 2. The lowest BCUT2D eigenvalue weighted by Crippen LogP contribution is -2.44. The number of hydrogen-bond acceptors (Lipinski definition) is 3. The van der Waals surface area contributed by atoms with Gasteiger partial charge in [-0.1, -0.05) is 42.5 Å². The summed E-state index contributed by atoms with van der Waals surface area (Å²) in [5.74, 6) is -1.19. The molecule has 6 heteroatoms. The molecule has 25 heavy (non-hydrogen) atoms. The molecule has 0 fully saturated rings. The van der Waals surface area contributed by atoms with Gasteiger partial charge in [-0.05, 0) is 36.3 Å². The number of benzene rings is 2. The molecule has 0 aliphatic rings. The molecule has 0 saturated heterocycles. The van der Waals surface area contributed by atoms with Gasteiger partial charge in [-0.2, -0.15) is 5.26 Å². The summed E-state index contributed by atoms with van der Waals surface area (Å²) >= 11 is 5.29. The summed E-state index contributed by atoms with van der Waals surface area (Å²) in [6.07, 6.45) is 1.01. The van der Waals surface area contributed by atoms with Crippen LogP contribution in [-0.4, -0.2) is 29.0 Å². The lowest BCUT2D eigenvalue weighted by Gasteiger charge is -2.24. The van der Waals surface area contributed by atoms with Crippen LogP contribution < -0.4 is 5.32 Å². The van der Waals surface area contributed by atoms with Crippen molar-refractivity contribution in [2.24, 2.45) is 0 Å². The van der Waals surface area contributed by atoms with Crippen molar-refractivity contribution in [1.29, 1.82) is 5.26 Å². The van der Waals surface area contributed by atoms with E-state index in [-0.39, 0.29) is 17.1 Å². The Kier molecular flexibility index (Phi) is 7.05. The zero-order valence-corrected chi connectivity index (χ0v) is 14.4. The van der Waals surface area contributed by atoms with E-state index in [1.54, 1.807) is 11.0 Å². The minimum atomic E-state index is -0.601. The van der Waals surface area contributed by atoms with Crippen molar-refractivity contribution in [3.05, 3.63) is 71.5 Å². The number of carbonyl (C=O) groups excluding carboxylic acids is 1. The van der Waals surface area contributed by atoms with Gasteiger partial charge in [0.15, 0.2) is 5.11 Å². The Hall–Kier alpha value is -2.78. The first-order valence-corrected chi connectivity index (χ1v) is 8.28. The molecular formula is C19H18FN3OS. The first kappa shape index (κ1) is 18.6. The second-order valence-corrected chi connectivity index (χ2v) is 5.76. The summed E-state index contributed by atoms with van der Waals surface area (Å²) < 4.78 is 13.7. The third kappa shape index (κ3) is 5.66. The second-order valence-electron chi connectivity index (χ2n) is 5.37. The Morgan fingerprint density at radius 3 is 2.48 bits per heavy atom. The van der Waals surface area contributed by atoms with E-state index in [9.17, 15) is 9.18 Å². The minimum Gasteiger partial charge on any atom is -0.348 e. The van der Waals surface area contributed by atoms with Gasteiger partial charge in [0, 0.05) is 13.1 Å². The molecule has 1 N–H and O–H groups in total. The van der Waals surface area contributed by atoms with E-state index in [0.29, 0.717) is 13.1 Å². The van der Waals surface area contributed by atoms with Gasteiger partial charge in [0.25, 0.3) is 5.91 Å². The summed E-state index contributed by atoms with van der Waals surface area (Å²) in [5.41, 5.74) is 1.07. The monoisotopic (exact) mass is 355 g/mol. The number of nitrogens with one attached hydrogen (secondary N) is 1. The van der Waals surface area contributed by atoms with Crippen LogP contribution in [-0.2, 0) is 6.42 Å². The van der Waals surface area contributed by atoms with Crippen LogP contribution in [0.1, 0.15) is 22.3 Å². The Labute approximate surface area is 151 Å². The SMILES string of the molecule is N#CCCN(CCc1ccccc1)C(=S)NC(=O)c1ccccc1F. The zero-order chi connectivity index (χ0) is 18.1. The van der Waals surface area contributed by atoms with Crippen LogP contribution in [0.3, 0.4) is 0 Å². The molecule has 0 bridgehead atoms. The number of amides is 1. The summed E-state index contributed by atoms with van der Waals surface area (Å²) in [5, 5.41) is 11.6. The topological polar surface area (TPSA) is 56.1 Å². The van der Waals surface area contributed by atoms with Crippen molar-refractivity contribution in [2.75, 3.05) is 13.1 Å². The maximum Gasteiger partial charge on any atom is 0.260 e. The number of carbonyl (C=O) groups is 1. The Balaban J connectivity index is 2.01. The third-order valence-electron chi connectivity index (χ3n) is 3.63. The van der Waals surface area contributed by atoms with Crippen LogP contribution in [0.2, 0.25) is 0 Å². The predicted molar refractivity (Wildman–Crippen MR) is 98.4 cm³/mol. The Bertz CT molecular complexity index is 774. The molecule has 0 radical (unpaired) electrons. The molecule has 0 heterocycles. The second kappa shape index (κ2) is 9.50. The van der Waals surface area contributed by atoms with Gasteiger partial charge >= 0.3 is 0 Å². The molecule has 4 nitrogen and oxygen atoms in total. The van der Waals surface area contributed by atoms with E-state index in [1.807, 2.05) is 30.3 Å². The standard InChI is InChI=1S/C19H18FN3OS/c20-17-10-5-4-9-16(17)18(24)22-19(25)23(13-6-12-21)14-11-15-7-2-1-3-8-15/h1-5,7-10H,6,11,13-14H2,(H,22,24,25). The summed E-state index contributed by atoms with van der Waals surface area (Å²) in [4.78, 5) is 14.0. The molecule has 128 valence electrons. The minimum absolute atomic E-state index is 0.0619. The first-order chi connectivity index (χ1) is 12.1. The lowest BCUT2D eigenvalue weighted by atomic mass is 10.1. The van der Waals surface area contributed by atoms with E-state index in [1.165, 1.54) is 18.2 Å². The summed E-state index contributed by atoms with van der Waals surface area (Å²) in [6, 6.07) is 17.6. The molecule has 2 rings (SSSR count). The van der Waals surface area contributed by atoms with Crippen molar-refractivity contribution in [3.8, 4) is 6.07 Å². The molecular weight excluding hydrogens is 337 g/mol. The van der Waals surface area contributed by atoms with Crippen molar-refractivity contribution in [2.45, 2.75) is 12.8 Å². The summed E-state index contributed by atoms with van der Waals surface area (Å²) in [7, 11) is 0. The maximum atomic E-state index is 13.7. The van der Waals surface area contributed by atoms with Crippen LogP contribution in [0.25, 0.3) is 0 Å². The highest BCUT2D eigenvalue weighted by molar-refractivity contribution is 7.80. The molecule has 2 aromatic carbocycles. The Morgan fingerprint density at radius 2 is 1.80 bits per heavy atom. The molecule has 1 amide bonds. The van der Waals surface area contributed by atoms with E-state index in [0.717, 1.165) is 12.0 Å². The Morgan fingerprint density at radius 1 is 1.12 bits per heavy atom. The third-order valence-corrected chi connectivity index (χ3v) is 3.99. The normalized spacial score (nSPS) is 9.92. The average Bonchev–Trinajstić information content (AvgIpc) is 2.62. The van der Waals surface area contributed by atoms with Gasteiger partial charge in [0.2, 0.25) is 0 Å². The molecule has 0 aliphatic carbocycles. The highest BCUT2D eigenvalue weighted by atomic mass is 32.1. The van der Waals surface area contributed by atoms with Gasteiger partial charge in [0.05, 0.1) is 18.1 Å². The molecule has 0 saturated carbocycles. The van der Waals surface area contributed by atoms with Gasteiger partial charge in [-0.15, -0.1) is 0 Å². The average molecular weight is 355 g/mol. The highest BCUT2D eigenvalue weighted by Gasteiger charge is 2.16. The first-order valence-electron chi connectivity index (χ1n) is 7.87. The van der Waals surface area contributed by atoms with Gasteiger partial charge < -0.3 is 4.90 Å². The van der Waals surface area contributed by atoms with Crippen LogP contribution in [0.4, 0.5) is 4.39 Å². The molecule has 0 unspecified atom stereocenters. The van der Waals surface area contributed by atoms with Crippen LogP contribution in [0.5, 0.6) is 0 Å². The molecule has 0 aliphatic heterocycles. The van der Waals surface area contributed by atoms with Crippen molar-refractivity contribution >= 4 is 23.2 Å². The predicted octanol–water partition coefficient (Wildman–Crippen LogP) is 3.30.